The van der Waals surface area contributed by atoms with E-state index in [-0.39, 0.29) is 6.04 Å². The number of nitriles is 1. The molecule has 0 aliphatic carbocycles. The average Bonchev–Trinajstić information content (AvgIpc) is 3.03. The number of fused-ring (bicyclic) bond motifs is 2. The van der Waals surface area contributed by atoms with Gasteiger partial charge in [-0.2, -0.15) is 10.4 Å². The lowest BCUT2D eigenvalue weighted by Gasteiger charge is -2.25. The zero-order valence-electron chi connectivity index (χ0n) is 13.1. The van der Waals surface area contributed by atoms with E-state index in [1.807, 2.05) is 23.7 Å². The molecule has 4 rings (SSSR count). The zero-order chi connectivity index (χ0) is 16.7. The Labute approximate surface area is 144 Å². The topological polar surface area (TPSA) is 79.4 Å². The Hall–Kier alpha value is -2.65. The molecule has 3 heterocycles. The summed E-state index contributed by atoms with van der Waals surface area (Å²) >= 11 is 6.33. The summed E-state index contributed by atoms with van der Waals surface area (Å²) in [6, 6.07) is 6.30. The molecule has 2 aromatic heterocycles. The number of benzene rings is 1. The molecule has 1 atom stereocenters. The number of nitrogens with zero attached hydrogens (tertiary/aromatic N) is 5. The van der Waals surface area contributed by atoms with Gasteiger partial charge in [0.15, 0.2) is 0 Å². The fraction of sp³-hybridized carbons (Fsp3) is 0.294. The van der Waals surface area contributed by atoms with E-state index in [1.54, 1.807) is 12.5 Å². The third-order valence-electron chi connectivity index (χ3n) is 4.34. The molecule has 1 aliphatic heterocycles. The van der Waals surface area contributed by atoms with Crippen LogP contribution < -0.4 is 5.32 Å². The third kappa shape index (κ3) is 2.47. The number of rotatable bonds is 2. The summed E-state index contributed by atoms with van der Waals surface area (Å²) < 4.78 is 1.91. The molecular formula is C17H15ClN6. The number of hydrogen-bond donors (Lipinski definition) is 1. The van der Waals surface area contributed by atoms with Gasteiger partial charge in [-0.05, 0) is 31.0 Å². The van der Waals surface area contributed by atoms with Crippen molar-refractivity contribution in [1.29, 1.82) is 5.26 Å². The molecule has 24 heavy (non-hydrogen) atoms. The molecule has 0 spiro atoms. The van der Waals surface area contributed by atoms with Crippen LogP contribution in [0.15, 0.2) is 24.7 Å². The molecule has 0 radical (unpaired) electrons. The van der Waals surface area contributed by atoms with Crippen molar-refractivity contribution in [3.05, 3.63) is 46.6 Å². The Bertz CT molecular complexity index is 971. The van der Waals surface area contributed by atoms with Gasteiger partial charge in [-0.1, -0.05) is 11.6 Å². The van der Waals surface area contributed by atoms with Gasteiger partial charge in [-0.15, -0.1) is 0 Å². The molecule has 1 aliphatic rings. The lowest BCUT2D eigenvalue weighted by Crippen LogP contribution is -2.32. The van der Waals surface area contributed by atoms with Crippen LogP contribution in [0.1, 0.15) is 23.4 Å². The molecule has 0 fully saturated rings. The Morgan fingerprint density at radius 3 is 3.08 bits per heavy atom. The van der Waals surface area contributed by atoms with E-state index in [1.165, 1.54) is 0 Å². The average molecular weight is 339 g/mol. The molecule has 0 bridgehead atoms. The molecule has 7 heteroatoms. The number of nitrogens with one attached hydrogen (secondary N) is 1. The van der Waals surface area contributed by atoms with Crippen molar-refractivity contribution in [2.45, 2.75) is 32.4 Å². The van der Waals surface area contributed by atoms with Crippen molar-refractivity contribution in [3.63, 3.8) is 0 Å². The van der Waals surface area contributed by atoms with Crippen molar-refractivity contribution in [1.82, 2.24) is 19.7 Å². The summed E-state index contributed by atoms with van der Waals surface area (Å²) in [7, 11) is 0. The number of pyridine rings is 1. The van der Waals surface area contributed by atoms with E-state index < -0.39 is 0 Å². The van der Waals surface area contributed by atoms with Gasteiger partial charge < -0.3 is 5.32 Å². The Morgan fingerprint density at radius 1 is 1.38 bits per heavy atom. The Morgan fingerprint density at radius 2 is 2.25 bits per heavy atom. The van der Waals surface area contributed by atoms with Gasteiger partial charge in [-0.3, -0.25) is 4.98 Å². The maximum absolute atomic E-state index is 9.48. The first-order valence-electron chi connectivity index (χ1n) is 7.78. The van der Waals surface area contributed by atoms with Crippen molar-refractivity contribution in [3.8, 4) is 6.07 Å². The fourth-order valence-electron chi connectivity index (χ4n) is 3.19. The van der Waals surface area contributed by atoms with Gasteiger partial charge in [0.2, 0.25) is 0 Å². The minimum Gasteiger partial charge on any atom is -0.379 e. The van der Waals surface area contributed by atoms with Crippen LogP contribution in [0.25, 0.3) is 10.9 Å². The van der Waals surface area contributed by atoms with E-state index in [0.29, 0.717) is 16.1 Å². The van der Waals surface area contributed by atoms with Crippen molar-refractivity contribution in [2.24, 2.45) is 0 Å². The molecule has 0 saturated carbocycles. The van der Waals surface area contributed by atoms with Gasteiger partial charge in [0.1, 0.15) is 18.2 Å². The van der Waals surface area contributed by atoms with Crippen molar-refractivity contribution >= 4 is 28.2 Å². The monoisotopic (exact) mass is 338 g/mol. The molecule has 0 saturated heterocycles. The lowest BCUT2D eigenvalue weighted by atomic mass is 10.0. The molecule has 1 aromatic carbocycles. The van der Waals surface area contributed by atoms with Crippen LogP contribution in [-0.2, 0) is 13.0 Å². The standard InChI is InChI=1S/C17H15ClN6/c1-10-4-13-16(11(6-19)7-20-17(13)14(18)5-10)23-12-2-3-15-21-9-22-24(15)8-12/h4-5,7,9,12H,2-3,8H2,1H3,(H,20,23)/t12-/m1/s1. The summed E-state index contributed by atoms with van der Waals surface area (Å²) in [5.41, 5.74) is 3.06. The van der Waals surface area contributed by atoms with Crippen LogP contribution in [0.5, 0.6) is 0 Å². The number of aromatic nitrogens is 4. The first-order valence-corrected chi connectivity index (χ1v) is 8.15. The number of halogens is 1. The lowest BCUT2D eigenvalue weighted by molar-refractivity contribution is 0.441. The second kappa shape index (κ2) is 5.77. The van der Waals surface area contributed by atoms with Crippen LogP contribution in [0.3, 0.4) is 0 Å². The Kier molecular flexibility index (Phi) is 3.58. The highest BCUT2D eigenvalue weighted by molar-refractivity contribution is 6.35. The summed E-state index contributed by atoms with van der Waals surface area (Å²) in [5, 5.41) is 18.7. The van der Waals surface area contributed by atoms with Gasteiger partial charge in [0, 0.05) is 24.0 Å². The molecule has 6 nitrogen and oxygen atoms in total. The van der Waals surface area contributed by atoms with E-state index in [0.717, 1.165) is 41.8 Å². The smallest absolute Gasteiger partial charge is 0.138 e. The summed E-state index contributed by atoms with van der Waals surface area (Å²) in [4.78, 5) is 8.60. The normalized spacial score (nSPS) is 16.6. The quantitative estimate of drug-likeness (QED) is 0.776. The maximum Gasteiger partial charge on any atom is 0.138 e. The molecule has 1 N–H and O–H groups in total. The second-order valence-electron chi connectivity index (χ2n) is 6.04. The van der Waals surface area contributed by atoms with E-state index in [4.69, 9.17) is 11.6 Å². The molecule has 3 aromatic rings. The number of hydrogen-bond acceptors (Lipinski definition) is 5. The minimum atomic E-state index is 0.177. The van der Waals surface area contributed by atoms with Crippen LogP contribution in [0.2, 0.25) is 5.02 Å². The van der Waals surface area contributed by atoms with Gasteiger partial charge in [0.25, 0.3) is 0 Å². The highest BCUT2D eigenvalue weighted by atomic mass is 35.5. The summed E-state index contributed by atoms with van der Waals surface area (Å²) in [5.74, 6) is 1.01. The molecule has 120 valence electrons. The predicted octanol–water partition coefficient (Wildman–Crippen LogP) is 3.09. The largest absolute Gasteiger partial charge is 0.379 e. The van der Waals surface area contributed by atoms with Crippen LogP contribution in [-0.4, -0.2) is 25.8 Å². The summed E-state index contributed by atoms with van der Waals surface area (Å²) in [6.07, 6.45) is 4.97. The third-order valence-corrected chi connectivity index (χ3v) is 4.63. The highest BCUT2D eigenvalue weighted by Crippen LogP contribution is 2.32. The Balaban J connectivity index is 1.77. The molecular weight excluding hydrogens is 324 g/mol. The summed E-state index contributed by atoms with van der Waals surface area (Å²) in [6.45, 7) is 2.71. The van der Waals surface area contributed by atoms with Gasteiger partial charge in [-0.25, -0.2) is 9.67 Å². The minimum absolute atomic E-state index is 0.177. The SMILES string of the molecule is Cc1cc(Cl)c2ncc(C#N)c(N[C@@H]3CCc4ncnn4C3)c2c1. The number of aryl methyl sites for hydroxylation is 2. The first-order chi connectivity index (χ1) is 11.7. The second-order valence-corrected chi connectivity index (χ2v) is 6.45. The molecule has 0 amide bonds. The zero-order valence-corrected chi connectivity index (χ0v) is 13.9. The van der Waals surface area contributed by atoms with E-state index in [2.05, 4.69) is 26.5 Å². The van der Waals surface area contributed by atoms with Crippen LogP contribution in [0.4, 0.5) is 5.69 Å². The van der Waals surface area contributed by atoms with Crippen LogP contribution >= 0.6 is 11.6 Å². The van der Waals surface area contributed by atoms with Crippen LogP contribution in [0, 0.1) is 18.3 Å². The van der Waals surface area contributed by atoms with E-state index in [9.17, 15) is 5.26 Å². The predicted molar refractivity (Wildman–Crippen MR) is 92.0 cm³/mol. The first kappa shape index (κ1) is 14.9. The number of anilines is 1. The van der Waals surface area contributed by atoms with Gasteiger partial charge >= 0.3 is 0 Å². The highest BCUT2D eigenvalue weighted by Gasteiger charge is 2.22. The maximum atomic E-state index is 9.48. The van der Waals surface area contributed by atoms with Gasteiger partial charge in [0.05, 0.1) is 28.3 Å². The van der Waals surface area contributed by atoms with Crippen molar-refractivity contribution in [2.75, 3.05) is 5.32 Å². The van der Waals surface area contributed by atoms with E-state index >= 15 is 0 Å². The molecule has 0 unspecified atom stereocenters. The fourth-order valence-corrected chi connectivity index (χ4v) is 3.52. The van der Waals surface area contributed by atoms with Crippen molar-refractivity contribution < 1.29 is 0 Å².